The fourth-order valence-corrected chi connectivity index (χ4v) is 3.17. The van der Waals surface area contributed by atoms with Gasteiger partial charge in [-0.2, -0.15) is 0 Å². The minimum atomic E-state index is -0.910. The van der Waals surface area contributed by atoms with Gasteiger partial charge in [-0.05, 0) is 31.2 Å². The van der Waals surface area contributed by atoms with Gasteiger partial charge in [0.1, 0.15) is 10.8 Å². The van der Waals surface area contributed by atoms with Crippen molar-refractivity contribution < 1.29 is 14.6 Å². The fraction of sp³-hybridized carbons (Fsp3) is 0.571. The van der Waals surface area contributed by atoms with Gasteiger partial charge in [-0.1, -0.05) is 6.92 Å². The van der Waals surface area contributed by atoms with Crippen LogP contribution in [0.25, 0.3) is 0 Å². The van der Waals surface area contributed by atoms with Crippen LogP contribution in [0.2, 0.25) is 0 Å². The number of aromatic carboxylic acids is 1. The summed E-state index contributed by atoms with van der Waals surface area (Å²) >= 11 is 1.47. The van der Waals surface area contributed by atoms with Crippen molar-refractivity contribution in [2.75, 3.05) is 30.4 Å². The van der Waals surface area contributed by atoms with Gasteiger partial charge in [-0.15, -0.1) is 11.8 Å². The van der Waals surface area contributed by atoms with Crippen molar-refractivity contribution in [2.24, 2.45) is 0 Å². The second-order valence-corrected chi connectivity index (χ2v) is 6.09. The van der Waals surface area contributed by atoms with Crippen LogP contribution in [0, 0.1) is 6.92 Å². The molecule has 2 rings (SSSR count). The Morgan fingerprint density at radius 2 is 2.40 bits per heavy atom. The summed E-state index contributed by atoms with van der Waals surface area (Å²) in [6.07, 6.45) is 0. The maximum absolute atomic E-state index is 11.4. The van der Waals surface area contributed by atoms with Crippen LogP contribution in [-0.4, -0.2) is 47.6 Å². The smallest absolute Gasteiger partial charge is 0.338 e. The molecule has 0 spiro atoms. The third-order valence-electron chi connectivity index (χ3n) is 3.33. The number of nitrogens with zero attached hydrogens (tertiary/aromatic N) is 2. The van der Waals surface area contributed by atoms with Gasteiger partial charge in [0.15, 0.2) is 0 Å². The van der Waals surface area contributed by atoms with Gasteiger partial charge >= 0.3 is 5.97 Å². The van der Waals surface area contributed by atoms with Crippen LogP contribution < -0.4 is 4.90 Å². The highest BCUT2D eigenvalue weighted by molar-refractivity contribution is 7.99. The standard InChI is InChI=1S/C14H20N2O3S/c1-4-20-13-12(14(17)18)9(2)7-11(15-13)16-5-6-19-8-10(16)3/h7,10H,4-6,8H2,1-3H3,(H,17,18)/t10-/m1/s1. The average Bonchev–Trinajstić information content (AvgIpc) is 2.38. The van der Waals surface area contributed by atoms with E-state index in [1.54, 1.807) is 0 Å². The summed E-state index contributed by atoms with van der Waals surface area (Å²) in [6.45, 7) is 8.07. The van der Waals surface area contributed by atoms with Crippen molar-refractivity contribution in [2.45, 2.75) is 31.8 Å². The van der Waals surface area contributed by atoms with E-state index in [4.69, 9.17) is 4.74 Å². The molecule has 0 radical (unpaired) electrons. The van der Waals surface area contributed by atoms with E-state index < -0.39 is 5.97 Å². The number of carbonyl (C=O) groups is 1. The Morgan fingerprint density at radius 1 is 1.65 bits per heavy atom. The summed E-state index contributed by atoms with van der Waals surface area (Å²) in [5, 5.41) is 9.94. The number of thioether (sulfide) groups is 1. The number of anilines is 1. The summed E-state index contributed by atoms with van der Waals surface area (Å²) in [5.74, 6) is 0.737. The first kappa shape index (κ1) is 15.1. The zero-order valence-corrected chi connectivity index (χ0v) is 12.9. The molecular formula is C14H20N2O3S. The first-order chi connectivity index (χ1) is 9.54. The lowest BCUT2D eigenvalue weighted by Gasteiger charge is -2.34. The molecule has 1 aromatic rings. The van der Waals surface area contributed by atoms with E-state index in [0.29, 0.717) is 23.8 Å². The quantitative estimate of drug-likeness (QED) is 0.861. The van der Waals surface area contributed by atoms with Gasteiger partial charge in [-0.3, -0.25) is 0 Å². The predicted molar refractivity (Wildman–Crippen MR) is 80.0 cm³/mol. The molecule has 1 aliphatic rings. The van der Waals surface area contributed by atoms with Gasteiger partial charge in [0.25, 0.3) is 0 Å². The van der Waals surface area contributed by atoms with Crippen LogP contribution >= 0.6 is 11.8 Å². The number of aromatic nitrogens is 1. The van der Waals surface area contributed by atoms with Crippen molar-refractivity contribution in [3.05, 3.63) is 17.2 Å². The summed E-state index contributed by atoms with van der Waals surface area (Å²) in [6, 6.07) is 2.12. The molecule has 2 heterocycles. The zero-order chi connectivity index (χ0) is 14.7. The molecule has 0 aliphatic carbocycles. The molecule has 1 fully saturated rings. The van der Waals surface area contributed by atoms with Crippen LogP contribution in [-0.2, 0) is 4.74 Å². The van der Waals surface area contributed by atoms with Crippen LogP contribution in [0.1, 0.15) is 29.8 Å². The van der Waals surface area contributed by atoms with E-state index in [0.717, 1.165) is 23.7 Å². The minimum absolute atomic E-state index is 0.255. The first-order valence-electron chi connectivity index (χ1n) is 6.76. The third kappa shape index (κ3) is 3.07. The van der Waals surface area contributed by atoms with Crippen molar-refractivity contribution in [3.63, 3.8) is 0 Å². The Morgan fingerprint density at radius 3 is 3.00 bits per heavy atom. The predicted octanol–water partition coefficient (Wildman–Crippen LogP) is 2.43. The molecule has 1 N–H and O–H groups in total. The van der Waals surface area contributed by atoms with Crippen LogP contribution in [0.4, 0.5) is 5.82 Å². The fourth-order valence-electron chi connectivity index (χ4n) is 2.34. The maximum atomic E-state index is 11.4. The number of hydrogen-bond donors (Lipinski definition) is 1. The largest absolute Gasteiger partial charge is 0.478 e. The van der Waals surface area contributed by atoms with Gasteiger partial charge in [0, 0.05) is 6.54 Å². The van der Waals surface area contributed by atoms with Gasteiger partial charge in [0.2, 0.25) is 0 Å². The third-order valence-corrected chi connectivity index (χ3v) is 4.18. The molecule has 6 heteroatoms. The lowest BCUT2D eigenvalue weighted by atomic mass is 10.1. The molecular weight excluding hydrogens is 276 g/mol. The molecule has 1 atom stereocenters. The molecule has 0 bridgehead atoms. The maximum Gasteiger partial charge on any atom is 0.338 e. The molecule has 0 saturated carbocycles. The monoisotopic (exact) mass is 296 g/mol. The number of carboxylic acids is 1. The Kier molecular flexibility index (Phi) is 4.88. The molecule has 0 aromatic carbocycles. The van der Waals surface area contributed by atoms with E-state index in [1.165, 1.54) is 11.8 Å². The van der Waals surface area contributed by atoms with Crippen LogP contribution in [0.3, 0.4) is 0 Å². The Balaban J connectivity index is 2.42. The topological polar surface area (TPSA) is 62.7 Å². The Bertz CT molecular complexity index is 507. The molecule has 1 aromatic heterocycles. The molecule has 5 nitrogen and oxygen atoms in total. The molecule has 20 heavy (non-hydrogen) atoms. The van der Waals surface area contributed by atoms with E-state index in [-0.39, 0.29) is 6.04 Å². The number of aryl methyl sites for hydroxylation is 1. The van der Waals surface area contributed by atoms with Gasteiger partial charge in [-0.25, -0.2) is 9.78 Å². The van der Waals surface area contributed by atoms with Gasteiger partial charge < -0.3 is 14.7 Å². The number of carboxylic acid groups (broad SMARTS) is 1. The van der Waals surface area contributed by atoms with Crippen molar-refractivity contribution >= 4 is 23.5 Å². The lowest BCUT2D eigenvalue weighted by Crippen LogP contribution is -2.44. The number of rotatable bonds is 4. The van der Waals surface area contributed by atoms with Crippen molar-refractivity contribution in [3.8, 4) is 0 Å². The second kappa shape index (κ2) is 6.45. The normalized spacial score (nSPS) is 19.1. The Hall–Kier alpha value is -1.27. The van der Waals surface area contributed by atoms with Gasteiger partial charge in [0.05, 0.1) is 24.8 Å². The highest BCUT2D eigenvalue weighted by Crippen LogP contribution is 2.28. The zero-order valence-electron chi connectivity index (χ0n) is 12.0. The number of morpholine rings is 1. The van der Waals surface area contributed by atoms with Crippen LogP contribution in [0.5, 0.6) is 0 Å². The van der Waals surface area contributed by atoms with E-state index >= 15 is 0 Å². The first-order valence-corrected chi connectivity index (χ1v) is 7.75. The number of ether oxygens (including phenoxy) is 1. The highest BCUT2D eigenvalue weighted by atomic mass is 32.2. The van der Waals surface area contributed by atoms with Crippen LogP contribution in [0.15, 0.2) is 11.1 Å². The molecule has 1 aliphatic heterocycles. The second-order valence-electron chi connectivity index (χ2n) is 4.83. The SMILES string of the molecule is CCSc1nc(N2CCOC[C@H]2C)cc(C)c1C(=O)O. The highest BCUT2D eigenvalue weighted by Gasteiger charge is 2.23. The minimum Gasteiger partial charge on any atom is -0.478 e. The van der Waals surface area contributed by atoms with Crippen molar-refractivity contribution in [1.29, 1.82) is 0 Å². The lowest BCUT2D eigenvalue weighted by molar-refractivity contribution is 0.0691. The molecule has 1 saturated heterocycles. The summed E-state index contributed by atoms with van der Waals surface area (Å²) in [4.78, 5) is 18.1. The summed E-state index contributed by atoms with van der Waals surface area (Å²) in [7, 11) is 0. The summed E-state index contributed by atoms with van der Waals surface area (Å²) in [5.41, 5.74) is 1.08. The van der Waals surface area contributed by atoms with E-state index in [2.05, 4.69) is 16.8 Å². The van der Waals surface area contributed by atoms with Crippen molar-refractivity contribution in [1.82, 2.24) is 4.98 Å². The molecule has 0 amide bonds. The van der Waals surface area contributed by atoms with E-state index in [1.807, 2.05) is 19.9 Å². The molecule has 0 unspecified atom stereocenters. The summed E-state index contributed by atoms with van der Waals surface area (Å²) < 4.78 is 5.43. The molecule has 110 valence electrons. The average molecular weight is 296 g/mol. The van der Waals surface area contributed by atoms with E-state index in [9.17, 15) is 9.90 Å². The number of pyridine rings is 1. The number of hydrogen-bond acceptors (Lipinski definition) is 5. The Labute approximate surface area is 123 Å².